The summed E-state index contributed by atoms with van der Waals surface area (Å²) in [4.78, 5) is 25.6. The van der Waals surface area contributed by atoms with Crippen LogP contribution in [0.25, 0.3) is 0 Å². The van der Waals surface area contributed by atoms with Crippen LogP contribution in [0.2, 0.25) is 5.02 Å². The van der Waals surface area contributed by atoms with Gasteiger partial charge in [0.05, 0.1) is 18.5 Å². The summed E-state index contributed by atoms with van der Waals surface area (Å²) in [6.07, 6.45) is 2.48. The fourth-order valence-electron chi connectivity index (χ4n) is 2.78. The molecule has 0 spiro atoms. The van der Waals surface area contributed by atoms with E-state index in [1.165, 1.54) is 11.8 Å². The van der Waals surface area contributed by atoms with Crippen molar-refractivity contribution < 1.29 is 9.59 Å². The van der Waals surface area contributed by atoms with Crippen molar-refractivity contribution in [2.45, 2.75) is 44.2 Å². The van der Waals surface area contributed by atoms with Crippen LogP contribution in [-0.4, -0.2) is 29.3 Å². The molecule has 0 radical (unpaired) electrons. The predicted octanol–water partition coefficient (Wildman–Crippen LogP) is 2.81. The molecule has 1 unspecified atom stereocenters. The number of carbonyl (C=O) groups excluding carboxylic acids is 2. The Morgan fingerprint density at radius 1 is 1.39 bits per heavy atom. The van der Waals surface area contributed by atoms with E-state index in [1.54, 1.807) is 31.3 Å². The monoisotopic (exact) mass is 333 g/mol. The molecule has 23 heavy (non-hydrogen) atoms. The minimum absolute atomic E-state index is 0.112. The lowest BCUT2D eigenvalue weighted by Crippen LogP contribution is -2.53. The van der Waals surface area contributed by atoms with Crippen molar-refractivity contribution in [3.05, 3.63) is 34.9 Å². The number of nitrogens with zero attached hydrogens (tertiary/aromatic N) is 2. The van der Waals surface area contributed by atoms with Gasteiger partial charge in [-0.3, -0.25) is 9.59 Å². The standard InChI is InChI=1S/C17H20ClN3O2/c1-12(22)20-15(13-4-6-14(18)7-5-13)10-16(23)21(2)17(11-19)8-3-9-17/h4-7,15H,3,8-10H2,1-2H3,(H,20,22). The van der Waals surface area contributed by atoms with E-state index in [-0.39, 0.29) is 18.2 Å². The van der Waals surface area contributed by atoms with Crippen molar-refractivity contribution in [3.8, 4) is 6.07 Å². The molecule has 1 N–H and O–H groups in total. The number of rotatable bonds is 5. The highest BCUT2D eigenvalue weighted by atomic mass is 35.5. The van der Waals surface area contributed by atoms with Crippen LogP contribution in [0.4, 0.5) is 0 Å². The molecule has 5 nitrogen and oxygen atoms in total. The van der Waals surface area contributed by atoms with Gasteiger partial charge in [-0.2, -0.15) is 5.26 Å². The molecule has 2 amide bonds. The highest BCUT2D eigenvalue weighted by Gasteiger charge is 2.43. The topological polar surface area (TPSA) is 73.2 Å². The third-order valence-corrected chi connectivity index (χ3v) is 4.69. The van der Waals surface area contributed by atoms with E-state index in [9.17, 15) is 14.9 Å². The van der Waals surface area contributed by atoms with E-state index >= 15 is 0 Å². The van der Waals surface area contributed by atoms with Gasteiger partial charge < -0.3 is 10.2 Å². The normalized spacial score (nSPS) is 16.6. The maximum absolute atomic E-state index is 12.6. The van der Waals surface area contributed by atoms with Gasteiger partial charge in [-0.15, -0.1) is 0 Å². The number of nitrogens with one attached hydrogen (secondary N) is 1. The number of nitriles is 1. The average molecular weight is 334 g/mol. The minimum atomic E-state index is -0.683. The smallest absolute Gasteiger partial charge is 0.226 e. The lowest BCUT2D eigenvalue weighted by molar-refractivity contribution is -0.137. The van der Waals surface area contributed by atoms with Crippen LogP contribution in [0.5, 0.6) is 0 Å². The molecule has 1 saturated carbocycles. The molecule has 1 atom stereocenters. The second kappa shape index (κ2) is 7.01. The quantitative estimate of drug-likeness (QED) is 0.900. The SMILES string of the molecule is CC(=O)NC(CC(=O)N(C)C1(C#N)CCC1)c1ccc(Cl)cc1. The summed E-state index contributed by atoms with van der Waals surface area (Å²) in [5, 5.41) is 12.7. The molecule has 6 heteroatoms. The summed E-state index contributed by atoms with van der Waals surface area (Å²) in [7, 11) is 1.66. The molecule has 1 fully saturated rings. The molecule has 2 rings (SSSR count). The van der Waals surface area contributed by atoms with Crippen LogP contribution in [0.3, 0.4) is 0 Å². The zero-order valence-electron chi connectivity index (χ0n) is 13.3. The summed E-state index contributed by atoms with van der Waals surface area (Å²) >= 11 is 5.88. The highest BCUT2D eigenvalue weighted by molar-refractivity contribution is 6.30. The Morgan fingerprint density at radius 3 is 2.43 bits per heavy atom. The fourth-order valence-corrected chi connectivity index (χ4v) is 2.90. The largest absolute Gasteiger partial charge is 0.349 e. The van der Waals surface area contributed by atoms with Gasteiger partial charge in [0, 0.05) is 19.0 Å². The first-order valence-corrected chi connectivity index (χ1v) is 7.96. The van der Waals surface area contributed by atoms with E-state index in [1.807, 2.05) is 0 Å². The van der Waals surface area contributed by atoms with E-state index < -0.39 is 11.6 Å². The predicted molar refractivity (Wildman–Crippen MR) is 87.6 cm³/mol. The maximum atomic E-state index is 12.6. The molecule has 0 aliphatic heterocycles. The molecule has 1 aromatic rings. The van der Waals surface area contributed by atoms with Gasteiger partial charge in [-0.05, 0) is 37.0 Å². The maximum Gasteiger partial charge on any atom is 0.226 e. The van der Waals surface area contributed by atoms with Crippen molar-refractivity contribution in [2.75, 3.05) is 7.05 Å². The summed E-state index contributed by atoms with van der Waals surface area (Å²) in [5.74, 6) is -0.362. The number of hydrogen-bond acceptors (Lipinski definition) is 3. The van der Waals surface area contributed by atoms with Gasteiger partial charge in [0.2, 0.25) is 11.8 Å². The van der Waals surface area contributed by atoms with E-state index in [4.69, 9.17) is 11.6 Å². The third-order valence-electron chi connectivity index (χ3n) is 4.43. The van der Waals surface area contributed by atoms with Crippen molar-refractivity contribution in [2.24, 2.45) is 0 Å². The minimum Gasteiger partial charge on any atom is -0.349 e. The second-order valence-electron chi connectivity index (χ2n) is 5.96. The Bertz CT molecular complexity index is 632. The number of amides is 2. The van der Waals surface area contributed by atoms with Crippen LogP contribution < -0.4 is 5.32 Å². The zero-order chi connectivity index (χ0) is 17.0. The molecule has 1 aliphatic rings. The van der Waals surface area contributed by atoms with Crippen molar-refractivity contribution >= 4 is 23.4 Å². The summed E-state index contributed by atoms with van der Waals surface area (Å²) in [5.41, 5.74) is 0.128. The fraction of sp³-hybridized carbons (Fsp3) is 0.471. The van der Waals surface area contributed by atoms with Gasteiger partial charge in [-0.25, -0.2) is 0 Å². The van der Waals surface area contributed by atoms with Crippen molar-refractivity contribution in [3.63, 3.8) is 0 Å². The number of hydrogen-bond donors (Lipinski definition) is 1. The Morgan fingerprint density at radius 2 is 2.00 bits per heavy atom. The number of halogens is 1. The molecule has 1 aliphatic carbocycles. The lowest BCUT2D eigenvalue weighted by atomic mass is 9.76. The zero-order valence-corrected chi connectivity index (χ0v) is 14.1. The first-order chi connectivity index (χ1) is 10.9. The Balaban J connectivity index is 2.14. The summed E-state index contributed by atoms with van der Waals surface area (Å²) < 4.78 is 0. The molecule has 0 saturated heterocycles. The lowest BCUT2D eigenvalue weighted by Gasteiger charge is -2.43. The Hall–Kier alpha value is -2.06. The van der Waals surface area contributed by atoms with E-state index in [0.29, 0.717) is 17.9 Å². The summed E-state index contributed by atoms with van der Waals surface area (Å²) in [6.45, 7) is 1.42. The van der Waals surface area contributed by atoms with Gasteiger partial charge in [0.25, 0.3) is 0 Å². The molecule has 0 bridgehead atoms. The Labute approximate surface area is 141 Å². The van der Waals surface area contributed by atoms with Gasteiger partial charge in [0.1, 0.15) is 5.54 Å². The van der Waals surface area contributed by atoms with Gasteiger partial charge in [-0.1, -0.05) is 23.7 Å². The van der Waals surface area contributed by atoms with E-state index in [2.05, 4.69) is 11.4 Å². The van der Waals surface area contributed by atoms with Crippen molar-refractivity contribution in [1.29, 1.82) is 5.26 Å². The number of benzene rings is 1. The van der Waals surface area contributed by atoms with Crippen LogP contribution in [0, 0.1) is 11.3 Å². The van der Waals surface area contributed by atoms with Gasteiger partial charge in [0.15, 0.2) is 0 Å². The van der Waals surface area contributed by atoms with E-state index in [0.717, 1.165) is 12.0 Å². The first-order valence-electron chi connectivity index (χ1n) is 7.58. The highest BCUT2D eigenvalue weighted by Crippen LogP contribution is 2.37. The van der Waals surface area contributed by atoms with Crippen LogP contribution in [-0.2, 0) is 9.59 Å². The molecular formula is C17H20ClN3O2. The third kappa shape index (κ3) is 3.83. The van der Waals surface area contributed by atoms with Crippen molar-refractivity contribution in [1.82, 2.24) is 10.2 Å². The number of carbonyl (C=O) groups is 2. The van der Waals surface area contributed by atoms with Crippen LogP contribution in [0.1, 0.15) is 44.2 Å². The molecule has 0 heterocycles. The van der Waals surface area contributed by atoms with Crippen LogP contribution in [0.15, 0.2) is 24.3 Å². The molecular weight excluding hydrogens is 314 g/mol. The van der Waals surface area contributed by atoms with Gasteiger partial charge >= 0.3 is 0 Å². The molecule has 1 aromatic carbocycles. The van der Waals surface area contributed by atoms with Crippen LogP contribution >= 0.6 is 11.6 Å². The molecule has 122 valence electrons. The first kappa shape index (κ1) is 17.3. The Kier molecular flexibility index (Phi) is 5.27. The summed E-state index contributed by atoms with van der Waals surface area (Å²) in [6, 6.07) is 8.85. The average Bonchev–Trinajstić information content (AvgIpc) is 2.46. The second-order valence-corrected chi connectivity index (χ2v) is 6.39. The molecule has 0 aromatic heterocycles.